The smallest absolute Gasteiger partial charge is 0.162 e. The number of ether oxygens (including phenoxy) is 3. The molecule has 1 heterocycles. The fraction of sp³-hybridized carbons (Fsp3) is 0.308. The quantitative estimate of drug-likeness (QED) is 0.804. The van der Waals surface area contributed by atoms with Gasteiger partial charge in [0.2, 0.25) is 0 Å². The maximum Gasteiger partial charge on any atom is 0.162 e. The van der Waals surface area contributed by atoms with E-state index in [-0.39, 0.29) is 11.9 Å². The summed E-state index contributed by atoms with van der Waals surface area (Å²) in [4.78, 5) is 11.4. The van der Waals surface area contributed by atoms with Gasteiger partial charge in [-0.05, 0) is 18.2 Å². The van der Waals surface area contributed by atoms with Gasteiger partial charge in [-0.1, -0.05) is 0 Å². The predicted molar refractivity (Wildman–Crippen MR) is 62.1 cm³/mol. The second-order valence-corrected chi connectivity index (χ2v) is 3.71. The summed E-state index contributed by atoms with van der Waals surface area (Å²) >= 11 is 0. The lowest BCUT2D eigenvalue weighted by Gasteiger charge is -2.21. The molecule has 4 heteroatoms. The van der Waals surface area contributed by atoms with Gasteiger partial charge in [-0.2, -0.15) is 0 Å². The number of rotatable bonds is 3. The van der Waals surface area contributed by atoms with Crippen molar-refractivity contribution in [2.24, 2.45) is 0 Å². The lowest BCUT2D eigenvalue weighted by molar-refractivity contribution is -0.118. The summed E-state index contributed by atoms with van der Waals surface area (Å²) in [5.41, 5.74) is 0.824. The third-order valence-electron chi connectivity index (χ3n) is 2.67. The highest BCUT2D eigenvalue weighted by atomic mass is 16.5. The Kier molecular flexibility index (Phi) is 3.32. The van der Waals surface area contributed by atoms with E-state index in [9.17, 15) is 4.79 Å². The van der Waals surface area contributed by atoms with Crippen LogP contribution in [0.25, 0.3) is 0 Å². The molecule has 4 nitrogen and oxygen atoms in total. The van der Waals surface area contributed by atoms with E-state index in [4.69, 9.17) is 14.2 Å². The lowest BCUT2D eigenvalue weighted by atomic mass is 10.0. The Morgan fingerprint density at radius 2 is 2.12 bits per heavy atom. The molecule has 0 aromatic heterocycles. The molecule has 0 spiro atoms. The fourth-order valence-electron chi connectivity index (χ4n) is 1.78. The Morgan fingerprint density at radius 3 is 2.76 bits per heavy atom. The van der Waals surface area contributed by atoms with Crippen LogP contribution in [0.5, 0.6) is 11.5 Å². The maximum absolute atomic E-state index is 11.4. The van der Waals surface area contributed by atoms with Crippen LogP contribution in [0.1, 0.15) is 18.1 Å². The standard InChI is InChI=1S/C13H14O4/c1-15-10-3-4-12(16-2)11(8-10)13-7-9(14)5-6-17-13/h3-6,8,13H,7H2,1-2H3. The number of carbonyl (C=O) groups excluding carboxylic acids is 1. The van der Waals surface area contributed by atoms with Crippen LogP contribution in [0.2, 0.25) is 0 Å². The summed E-state index contributed by atoms with van der Waals surface area (Å²) < 4.78 is 15.9. The van der Waals surface area contributed by atoms with Crippen LogP contribution in [0.15, 0.2) is 30.5 Å². The van der Waals surface area contributed by atoms with Gasteiger partial charge in [-0.15, -0.1) is 0 Å². The first kappa shape index (κ1) is 11.5. The van der Waals surface area contributed by atoms with E-state index in [0.29, 0.717) is 17.9 Å². The maximum atomic E-state index is 11.4. The molecule has 0 fully saturated rings. The average molecular weight is 234 g/mol. The van der Waals surface area contributed by atoms with Crippen LogP contribution in [0.4, 0.5) is 0 Å². The number of ketones is 1. The van der Waals surface area contributed by atoms with E-state index < -0.39 is 0 Å². The monoisotopic (exact) mass is 234 g/mol. The first-order valence-corrected chi connectivity index (χ1v) is 5.31. The minimum atomic E-state index is -0.308. The van der Waals surface area contributed by atoms with Gasteiger partial charge in [0.1, 0.15) is 17.6 Å². The van der Waals surface area contributed by atoms with E-state index in [2.05, 4.69) is 0 Å². The third-order valence-corrected chi connectivity index (χ3v) is 2.67. The molecule has 0 saturated heterocycles. The van der Waals surface area contributed by atoms with Gasteiger partial charge in [0.05, 0.1) is 26.9 Å². The summed E-state index contributed by atoms with van der Waals surface area (Å²) in [6, 6.07) is 5.44. The van der Waals surface area contributed by atoms with E-state index >= 15 is 0 Å². The van der Waals surface area contributed by atoms with Crippen LogP contribution >= 0.6 is 0 Å². The molecule has 1 atom stereocenters. The molecule has 0 saturated carbocycles. The van der Waals surface area contributed by atoms with Gasteiger partial charge in [0.15, 0.2) is 5.78 Å². The van der Waals surface area contributed by atoms with Crippen molar-refractivity contribution in [3.8, 4) is 11.5 Å². The van der Waals surface area contributed by atoms with Crippen molar-refractivity contribution in [3.63, 3.8) is 0 Å². The van der Waals surface area contributed by atoms with Crippen molar-refractivity contribution in [2.75, 3.05) is 14.2 Å². The van der Waals surface area contributed by atoms with Crippen LogP contribution in [0, 0.1) is 0 Å². The van der Waals surface area contributed by atoms with Crippen molar-refractivity contribution in [1.82, 2.24) is 0 Å². The van der Waals surface area contributed by atoms with E-state index in [0.717, 1.165) is 5.56 Å². The zero-order valence-electron chi connectivity index (χ0n) is 9.80. The second kappa shape index (κ2) is 4.91. The SMILES string of the molecule is COc1ccc(OC)c(C2CC(=O)C=CO2)c1. The molecule has 0 radical (unpaired) electrons. The lowest BCUT2D eigenvalue weighted by Crippen LogP contribution is -2.12. The zero-order valence-corrected chi connectivity index (χ0v) is 9.80. The van der Waals surface area contributed by atoms with Gasteiger partial charge in [-0.3, -0.25) is 4.79 Å². The van der Waals surface area contributed by atoms with Gasteiger partial charge in [-0.25, -0.2) is 0 Å². The molecule has 1 unspecified atom stereocenters. The summed E-state index contributed by atoms with van der Waals surface area (Å²) in [6.07, 6.45) is 2.87. The molecule has 0 aliphatic carbocycles. The number of methoxy groups -OCH3 is 2. The Morgan fingerprint density at radius 1 is 1.29 bits per heavy atom. The Hall–Kier alpha value is -1.97. The largest absolute Gasteiger partial charge is 0.497 e. The molecule has 1 aliphatic rings. The molecule has 0 amide bonds. The summed E-state index contributed by atoms with van der Waals surface area (Å²) in [7, 11) is 3.18. The van der Waals surface area contributed by atoms with Crippen LogP contribution in [-0.2, 0) is 9.53 Å². The zero-order chi connectivity index (χ0) is 12.3. The first-order valence-electron chi connectivity index (χ1n) is 5.31. The first-order chi connectivity index (χ1) is 8.24. The molecular weight excluding hydrogens is 220 g/mol. The van der Waals surface area contributed by atoms with Crippen LogP contribution < -0.4 is 9.47 Å². The predicted octanol–water partition coefficient (Wildman–Crippen LogP) is 2.25. The fourth-order valence-corrected chi connectivity index (χ4v) is 1.78. The molecule has 90 valence electrons. The van der Waals surface area contributed by atoms with E-state index in [1.54, 1.807) is 20.3 Å². The Labute approximate surface area is 99.8 Å². The molecule has 2 rings (SSSR count). The second-order valence-electron chi connectivity index (χ2n) is 3.71. The van der Waals surface area contributed by atoms with Gasteiger partial charge in [0, 0.05) is 11.6 Å². The molecule has 1 aromatic carbocycles. The molecular formula is C13H14O4. The summed E-state index contributed by atoms with van der Waals surface area (Å²) in [6.45, 7) is 0. The topological polar surface area (TPSA) is 44.8 Å². The highest BCUT2D eigenvalue weighted by molar-refractivity contribution is 5.90. The van der Waals surface area contributed by atoms with Crippen LogP contribution in [0.3, 0.4) is 0 Å². The van der Waals surface area contributed by atoms with Gasteiger partial charge >= 0.3 is 0 Å². The van der Waals surface area contributed by atoms with E-state index in [1.165, 1.54) is 12.3 Å². The molecule has 0 bridgehead atoms. The minimum Gasteiger partial charge on any atom is -0.497 e. The average Bonchev–Trinajstić information content (AvgIpc) is 2.38. The summed E-state index contributed by atoms with van der Waals surface area (Å²) in [5.74, 6) is 1.46. The number of hydrogen-bond donors (Lipinski definition) is 0. The Balaban J connectivity index is 2.35. The number of allylic oxidation sites excluding steroid dienone is 1. The molecule has 1 aliphatic heterocycles. The van der Waals surface area contributed by atoms with Crippen molar-refractivity contribution < 1.29 is 19.0 Å². The highest BCUT2D eigenvalue weighted by Crippen LogP contribution is 2.34. The third kappa shape index (κ3) is 2.41. The molecule has 0 N–H and O–H groups in total. The number of hydrogen-bond acceptors (Lipinski definition) is 4. The van der Waals surface area contributed by atoms with Crippen molar-refractivity contribution in [1.29, 1.82) is 0 Å². The van der Waals surface area contributed by atoms with Crippen molar-refractivity contribution >= 4 is 5.78 Å². The minimum absolute atomic E-state index is 0.0473. The van der Waals surface area contributed by atoms with E-state index in [1.807, 2.05) is 12.1 Å². The normalized spacial score (nSPS) is 18.7. The van der Waals surface area contributed by atoms with Gasteiger partial charge in [0.25, 0.3) is 0 Å². The van der Waals surface area contributed by atoms with Gasteiger partial charge < -0.3 is 14.2 Å². The van der Waals surface area contributed by atoms with Crippen molar-refractivity contribution in [2.45, 2.75) is 12.5 Å². The summed E-state index contributed by atoms with van der Waals surface area (Å²) in [5, 5.41) is 0. The van der Waals surface area contributed by atoms with Crippen molar-refractivity contribution in [3.05, 3.63) is 36.1 Å². The highest BCUT2D eigenvalue weighted by Gasteiger charge is 2.22. The number of benzene rings is 1. The number of carbonyl (C=O) groups is 1. The molecule has 17 heavy (non-hydrogen) atoms. The molecule has 1 aromatic rings. The Bertz CT molecular complexity index is 451. The van der Waals surface area contributed by atoms with Crippen LogP contribution in [-0.4, -0.2) is 20.0 Å².